The van der Waals surface area contributed by atoms with Crippen LogP contribution >= 0.6 is 11.3 Å². The van der Waals surface area contributed by atoms with Gasteiger partial charge in [-0.2, -0.15) is 0 Å². The Morgan fingerprint density at radius 3 is 2.75 bits per heavy atom. The normalized spacial score (nSPS) is 10.6. The molecule has 2 aromatic rings. The van der Waals surface area contributed by atoms with Gasteiger partial charge in [-0.25, -0.2) is 9.36 Å². The highest BCUT2D eigenvalue weighted by Gasteiger charge is 2.12. The molecule has 0 aromatic carbocycles. The Morgan fingerprint density at radius 1 is 1.44 bits per heavy atom. The molecule has 0 unspecified atom stereocenters. The summed E-state index contributed by atoms with van der Waals surface area (Å²) >= 11 is 1.41. The minimum absolute atomic E-state index is 0.00155. The van der Waals surface area contributed by atoms with Crippen molar-refractivity contribution in [3.8, 4) is 12.3 Å². The highest BCUT2D eigenvalue weighted by atomic mass is 32.1. The minimum atomic E-state index is -0.448. The van der Waals surface area contributed by atoms with Crippen molar-refractivity contribution in [2.45, 2.75) is 20.4 Å². The molecule has 0 radical (unpaired) electrons. The largest absolute Gasteiger partial charge is 0.330 e. The summed E-state index contributed by atoms with van der Waals surface area (Å²) in [4.78, 5) is 27.9. The second-order valence-corrected chi connectivity index (χ2v) is 4.74. The maximum atomic E-state index is 12.0. The lowest BCUT2D eigenvalue weighted by Crippen LogP contribution is -2.34. The summed E-state index contributed by atoms with van der Waals surface area (Å²) in [5.74, 6) is 2.30. The third-order valence-corrected chi connectivity index (χ3v) is 3.68. The van der Waals surface area contributed by atoms with Gasteiger partial charge in [0, 0.05) is 4.88 Å². The van der Waals surface area contributed by atoms with Gasteiger partial charge in [0.1, 0.15) is 4.83 Å². The van der Waals surface area contributed by atoms with Crippen LogP contribution in [0.5, 0.6) is 0 Å². The van der Waals surface area contributed by atoms with E-state index < -0.39 is 5.69 Å². The SMILES string of the molecule is C#CCn1c(=O)[nH]c2sc(C)c(C)c2c1=O. The number of aromatic nitrogens is 2. The lowest BCUT2D eigenvalue weighted by Gasteiger charge is -1.99. The number of nitrogens with one attached hydrogen (secondary N) is 1. The second-order valence-electron chi connectivity index (χ2n) is 3.51. The van der Waals surface area contributed by atoms with Crippen LogP contribution < -0.4 is 11.2 Å². The molecule has 0 aliphatic heterocycles. The fourth-order valence-corrected chi connectivity index (χ4v) is 2.64. The number of aromatic amines is 1. The highest BCUT2D eigenvalue weighted by molar-refractivity contribution is 7.18. The van der Waals surface area contributed by atoms with Crippen molar-refractivity contribution < 1.29 is 0 Å². The third kappa shape index (κ3) is 1.39. The summed E-state index contributed by atoms with van der Waals surface area (Å²) in [6.45, 7) is 3.79. The van der Waals surface area contributed by atoms with Gasteiger partial charge >= 0.3 is 5.69 Å². The fraction of sp³-hybridized carbons (Fsp3) is 0.273. The van der Waals surface area contributed by atoms with Crippen molar-refractivity contribution in [2.24, 2.45) is 0 Å². The van der Waals surface area contributed by atoms with E-state index in [-0.39, 0.29) is 12.1 Å². The van der Waals surface area contributed by atoms with Gasteiger partial charge in [-0.1, -0.05) is 5.92 Å². The van der Waals surface area contributed by atoms with E-state index in [1.807, 2.05) is 13.8 Å². The average molecular weight is 234 g/mol. The van der Waals surface area contributed by atoms with Gasteiger partial charge < -0.3 is 0 Å². The molecule has 0 fully saturated rings. The Labute approximate surface area is 95.5 Å². The molecule has 0 aliphatic carbocycles. The molecule has 2 heterocycles. The molecule has 2 rings (SSSR count). The Hall–Kier alpha value is -1.80. The minimum Gasteiger partial charge on any atom is -0.298 e. The first-order valence-corrected chi connectivity index (χ1v) is 5.54. The topological polar surface area (TPSA) is 54.9 Å². The molecule has 2 aromatic heterocycles. The number of H-pyrrole nitrogens is 1. The van der Waals surface area contributed by atoms with Gasteiger partial charge in [-0.3, -0.25) is 9.78 Å². The summed E-state index contributed by atoms with van der Waals surface area (Å²) in [6.07, 6.45) is 5.13. The van der Waals surface area contributed by atoms with E-state index >= 15 is 0 Å². The van der Waals surface area contributed by atoms with E-state index in [0.29, 0.717) is 10.2 Å². The molecule has 1 N–H and O–H groups in total. The van der Waals surface area contributed by atoms with Crippen LogP contribution in [0.2, 0.25) is 0 Å². The Bertz CT molecular complexity index is 712. The van der Waals surface area contributed by atoms with Crippen LogP contribution in [0.3, 0.4) is 0 Å². The zero-order valence-electron chi connectivity index (χ0n) is 8.96. The molecular formula is C11H10N2O2S. The van der Waals surface area contributed by atoms with E-state index in [2.05, 4.69) is 10.9 Å². The summed E-state index contributed by atoms with van der Waals surface area (Å²) in [5.41, 5.74) is 0.155. The predicted octanol–water partition coefficient (Wildman–Crippen LogP) is 1.00. The lowest BCUT2D eigenvalue weighted by molar-refractivity contribution is 0.742. The van der Waals surface area contributed by atoms with Crippen molar-refractivity contribution in [3.63, 3.8) is 0 Å². The van der Waals surface area contributed by atoms with E-state index in [4.69, 9.17) is 6.42 Å². The van der Waals surface area contributed by atoms with E-state index in [1.54, 1.807) is 0 Å². The Kier molecular flexibility index (Phi) is 2.44. The van der Waals surface area contributed by atoms with E-state index in [1.165, 1.54) is 11.3 Å². The van der Waals surface area contributed by atoms with Crippen molar-refractivity contribution in [2.75, 3.05) is 0 Å². The molecule has 5 heteroatoms. The van der Waals surface area contributed by atoms with Gasteiger partial charge in [0.05, 0.1) is 11.9 Å². The van der Waals surface area contributed by atoms with Crippen LogP contribution in [0.1, 0.15) is 10.4 Å². The lowest BCUT2D eigenvalue weighted by atomic mass is 10.2. The van der Waals surface area contributed by atoms with Crippen LogP contribution in [0.25, 0.3) is 10.2 Å². The first-order valence-electron chi connectivity index (χ1n) is 4.72. The smallest absolute Gasteiger partial charge is 0.298 e. The van der Waals surface area contributed by atoms with Crippen molar-refractivity contribution in [1.29, 1.82) is 0 Å². The monoisotopic (exact) mass is 234 g/mol. The number of hydrogen-bond acceptors (Lipinski definition) is 3. The second kappa shape index (κ2) is 3.65. The van der Waals surface area contributed by atoms with Crippen molar-refractivity contribution in [1.82, 2.24) is 9.55 Å². The van der Waals surface area contributed by atoms with Crippen LogP contribution in [0.4, 0.5) is 0 Å². The average Bonchev–Trinajstić information content (AvgIpc) is 2.49. The van der Waals surface area contributed by atoms with Crippen LogP contribution in [-0.4, -0.2) is 9.55 Å². The number of hydrogen-bond donors (Lipinski definition) is 1. The summed E-state index contributed by atoms with van der Waals surface area (Å²) in [6, 6.07) is 0. The van der Waals surface area contributed by atoms with E-state index in [0.717, 1.165) is 15.0 Å². The Balaban J connectivity index is 2.98. The number of nitrogens with zero attached hydrogens (tertiary/aromatic N) is 1. The number of rotatable bonds is 1. The predicted molar refractivity (Wildman–Crippen MR) is 65.0 cm³/mol. The Morgan fingerprint density at radius 2 is 2.12 bits per heavy atom. The van der Waals surface area contributed by atoms with Gasteiger partial charge in [0.2, 0.25) is 0 Å². The van der Waals surface area contributed by atoms with Crippen LogP contribution in [0, 0.1) is 26.2 Å². The van der Waals surface area contributed by atoms with E-state index in [9.17, 15) is 9.59 Å². The summed E-state index contributed by atoms with van der Waals surface area (Å²) in [5, 5.41) is 0.567. The number of fused-ring (bicyclic) bond motifs is 1. The number of terminal acetylenes is 1. The maximum Gasteiger partial charge on any atom is 0.330 e. The maximum absolute atomic E-state index is 12.0. The summed E-state index contributed by atoms with van der Waals surface area (Å²) in [7, 11) is 0. The van der Waals surface area contributed by atoms with Gasteiger partial charge in [-0.15, -0.1) is 17.8 Å². The zero-order chi connectivity index (χ0) is 11.9. The van der Waals surface area contributed by atoms with Crippen LogP contribution in [-0.2, 0) is 6.54 Å². The van der Waals surface area contributed by atoms with Gasteiger partial charge in [-0.05, 0) is 19.4 Å². The molecule has 0 saturated heterocycles. The molecule has 0 spiro atoms. The highest BCUT2D eigenvalue weighted by Crippen LogP contribution is 2.24. The zero-order valence-corrected chi connectivity index (χ0v) is 9.77. The molecule has 0 atom stereocenters. The summed E-state index contributed by atoms with van der Waals surface area (Å²) < 4.78 is 1.04. The van der Waals surface area contributed by atoms with Crippen LogP contribution in [0.15, 0.2) is 9.59 Å². The first kappa shape index (κ1) is 10.7. The molecule has 0 bridgehead atoms. The van der Waals surface area contributed by atoms with Gasteiger partial charge in [0.15, 0.2) is 0 Å². The first-order chi connectivity index (χ1) is 7.56. The van der Waals surface area contributed by atoms with Crippen molar-refractivity contribution >= 4 is 21.6 Å². The molecule has 0 amide bonds. The number of thiophene rings is 1. The van der Waals surface area contributed by atoms with Crippen molar-refractivity contribution in [3.05, 3.63) is 31.3 Å². The molecule has 0 saturated carbocycles. The molecular weight excluding hydrogens is 224 g/mol. The quantitative estimate of drug-likeness (QED) is 0.748. The molecule has 16 heavy (non-hydrogen) atoms. The molecule has 0 aliphatic rings. The van der Waals surface area contributed by atoms with Gasteiger partial charge in [0.25, 0.3) is 5.56 Å². The standard InChI is InChI=1S/C11H10N2O2S/c1-4-5-13-10(14)8-6(2)7(3)16-9(8)12-11(13)15/h1H,5H2,2-3H3,(H,12,15). The fourth-order valence-electron chi connectivity index (χ4n) is 1.60. The molecule has 82 valence electrons. The number of aryl methyl sites for hydroxylation is 2. The molecule has 4 nitrogen and oxygen atoms in total. The third-order valence-electron chi connectivity index (χ3n) is 2.56.